The molecule has 0 saturated heterocycles. The Morgan fingerprint density at radius 2 is 2.33 bits per heavy atom. The lowest BCUT2D eigenvalue weighted by atomic mass is 10.2. The van der Waals surface area contributed by atoms with Crippen molar-refractivity contribution < 1.29 is 4.74 Å². The van der Waals surface area contributed by atoms with Gasteiger partial charge in [0.25, 0.3) is 0 Å². The van der Waals surface area contributed by atoms with Crippen molar-refractivity contribution in [3.8, 4) is 17.1 Å². The molecule has 2 rings (SSSR count). The molecule has 78 valence electrons. The number of nitrogens with two attached hydrogens (primary N) is 1. The topological polar surface area (TPSA) is 68.9 Å². The Balaban J connectivity index is 2.54. The number of aromatic amines is 1. The lowest BCUT2D eigenvalue weighted by Gasteiger charge is -2.03. The second-order valence-corrected chi connectivity index (χ2v) is 3.34. The van der Waals surface area contributed by atoms with Crippen LogP contribution in [0.2, 0.25) is 0 Å². The molecule has 5 nitrogen and oxygen atoms in total. The summed E-state index contributed by atoms with van der Waals surface area (Å²) in [5.41, 5.74) is 0.851. The van der Waals surface area contributed by atoms with Crippen LogP contribution in [-0.2, 0) is 0 Å². The van der Waals surface area contributed by atoms with Crippen molar-refractivity contribution in [3.63, 3.8) is 0 Å². The number of rotatable bonds is 2. The molecule has 6 heteroatoms. The highest BCUT2D eigenvalue weighted by Crippen LogP contribution is 2.20. The van der Waals surface area contributed by atoms with Gasteiger partial charge in [-0.05, 0) is 24.4 Å². The van der Waals surface area contributed by atoms with Gasteiger partial charge in [-0.3, -0.25) is 0 Å². The Morgan fingerprint density at radius 3 is 2.93 bits per heavy atom. The standard InChI is InChI=1S/C9H10N4OS/c1-14-7-4-2-3-6(5-7)8-11-12-9(15)13(8)10/h2-5H,10H2,1H3,(H,12,15). The summed E-state index contributed by atoms with van der Waals surface area (Å²) in [7, 11) is 1.61. The summed E-state index contributed by atoms with van der Waals surface area (Å²) in [4.78, 5) is 0. The van der Waals surface area contributed by atoms with Gasteiger partial charge in [0.05, 0.1) is 7.11 Å². The molecule has 1 heterocycles. The van der Waals surface area contributed by atoms with Crippen LogP contribution in [0.1, 0.15) is 0 Å². The van der Waals surface area contributed by atoms with Gasteiger partial charge in [0.1, 0.15) is 5.75 Å². The summed E-state index contributed by atoms with van der Waals surface area (Å²) in [6.07, 6.45) is 0. The summed E-state index contributed by atoms with van der Waals surface area (Å²) in [6.45, 7) is 0. The normalized spacial score (nSPS) is 10.2. The minimum Gasteiger partial charge on any atom is -0.497 e. The van der Waals surface area contributed by atoms with E-state index >= 15 is 0 Å². The van der Waals surface area contributed by atoms with Gasteiger partial charge >= 0.3 is 0 Å². The zero-order chi connectivity index (χ0) is 10.8. The maximum Gasteiger partial charge on any atom is 0.214 e. The van der Waals surface area contributed by atoms with Crippen LogP contribution in [0.3, 0.4) is 0 Å². The first-order chi connectivity index (χ1) is 7.22. The Morgan fingerprint density at radius 1 is 1.53 bits per heavy atom. The number of nitrogens with zero attached hydrogens (tertiary/aromatic N) is 2. The predicted molar refractivity (Wildman–Crippen MR) is 59.6 cm³/mol. The largest absolute Gasteiger partial charge is 0.497 e. The summed E-state index contributed by atoms with van der Waals surface area (Å²) in [5.74, 6) is 7.04. The molecule has 0 aliphatic heterocycles. The molecular formula is C9H10N4OS. The van der Waals surface area contributed by atoms with Crippen molar-refractivity contribution in [2.75, 3.05) is 13.0 Å². The maximum absolute atomic E-state index is 5.70. The molecule has 15 heavy (non-hydrogen) atoms. The molecule has 0 atom stereocenters. The van der Waals surface area contributed by atoms with Crippen LogP contribution in [0.4, 0.5) is 0 Å². The zero-order valence-electron chi connectivity index (χ0n) is 8.10. The number of hydrogen-bond donors (Lipinski definition) is 2. The second-order valence-electron chi connectivity index (χ2n) is 2.95. The van der Waals surface area contributed by atoms with E-state index in [0.29, 0.717) is 10.6 Å². The fourth-order valence-electron chi connectivity index (χ4n) is 1.27. The number of hydrogen-bond acceptors (Lipinski definition) is 4. The third-order valence-corrected chi connectivity index (χ3v) is 2.32. The first kappa shape index (κ1) is 9.72. The number of methoxy groups -OCH3 is 1. The third-order valence-electron chi connectivity index (χ3n) is 2.03. The third kappa shape index (κ3) is 1.71. The van der Waals surface area contributed by atoms with Crippen LogP contribution >= 0.6 is 12.2 Å². The van der Waals surface area contributed by atoms with E-state index in [0.717, 1.165) is 11.3 Å². The first-order valence-corrected chi connectivity index (χ1v) is 4.70. The van der Waals surface area contributed by atoms with E-state index in [1.54, 1.807) is 7.11 Å². The van der Waals surface area contributed by atoms with Crippen LogP contribution in [0.25, 0.3) is 11.4 Å². The van der Waals surface area contributed by atoms with Crippen LogP contribution in [0.15, 0.2) is 24.3 Å². The summed E-state index contributed by atoms with van der Waals surface area (Å²) >= 11 is 4.92. The molecular weight excluding hydrogens is 212 g/mol. The highest BCUT2D eigenvalue weighted by Gasteiger charge is 2.06. The van der Waals surface area contributed by atoms with Gasteiger partial charge in [-0.25, -0.2) is 9.77 Å². The maximum atomic E-state index is 5.70. The molecule has 0 aliphatic carbocycles. The van der Waals surface area contributed by atoms with E-state index in [1.165, 1.54) is 4.68 Å². The van der Waals surface area contributed by atoms with E-state index in [-0.39, 0.29) is 0 Å². The average Bonchev–Trinajstić information content (AvgIpc) is 2.60. The number of nitrogens with one attached hydrogen (secondary N) is 1. The van der Waals surface area contributed by atoms with Crippen molar-refractivity contribution in [3.05, 3.63) is 29.0 Å². The van der Waals surface area contributed by atoms with E-state index < -0.39 is 0 Å². The predicted octanol–water partition coefficient (Wildman–Crippen LogP) is 1.33. The van der Waals surface area contributed by atoms with Gasteiger partial charge in [-0.15, -0.1) is 0 Å². The number of aromatic nitrogens is 3. The Kier molecular flexibility index (Phi) is 2.42. The van der Waals surface area contributed by atoms with Gasteiger partial charge in [-0.2, -0.15) is 5.10 Å². The summed E-state index contributed by atoms with van der Waals surface area (Å²) in [6, 6.07) is 7.45. The van der Waals surface area contributed by atoms with Crippen LogP contribution in [0, 0.1) is 4.77 Å². The molecule has 3 N–H and O–H groups in total. The summed E-state index contributed by atoms with van der Waals surface area (Å²) < 4.78 is 6.81. The smallest absolute Gasteiger partial charge is 0.214 e. The molecule has 1 aromatic carbocycles. The SMILES string of the molecule is COc1cccc(-c2n[nH]c(=S)n2N)c1. The van der Waals surface area contributed by atoms with Crippen molar-refractivity contribution in [2.45, 2.75) is 0 Å². The van der Waals surface area contributed by atoms with E-state index in [2.05, 4.69) is 10.2 Å². The molecule has 0 aliphatic rings. The van der Waals surface area contributed by atoms with Crippen molar-refractivity contribution in [2.24, 2.45) is 0 Å². The zero-order valence-corrected chi connectivity index (χ0v) is 8.91. The fraction of sp³-hybridized carbons (Fsp3) is 0.111. The van der Waals surface area contributed by atoms with Crippen molar-refractivity contribution in [1.29, 1.82) is 0 Å². The van der Waals surface area contributed by atoms with E-state index in [4.69, 9.17) is 22.8 Å². The number of H-pyrrole nitrogens is 1. The monoisotopic (exact) mass is 222 g/mol. The van der Waals surface area contributed by atoms with Gasteiger partial charge < -0.3 is 10.6 Å². The van der Waals surface area contributed by atoms with Crippen LogP contribution in [-0.4, -0.2) is 22.0 Å². The van der Waals surface area contributed by atoms with Gasteiger partial charge in [0.2, 0.25) is 4.77 Å². The van der Waals surface area contributed by atoms with Gasteiger partial charge in [0.15, 0.2) is 5.82 Å². The van der Waals surface area contributed by atoms with Crippen molar-refractivity contribution in [1.82, 2.24) is 14.9 Å². The molecule has 0 fully saturated rings. The highest BCUT2D eigenvalue weighted by atomic mass is 32.1. The molecule has 2 aromatic rings. The molecule has 1 aromatic heterocycles. The molecule has 0 bridgehead atoms. The van der Waals surface area contributed by atoms with Crippen LogP contribution < -0.4 is 10.6 Å². The molecule has 0 amide bonds. The fourth-order valence-corrected chi connectivity index (χ4v) is 1.40. The Bertz CT molecular complexity index is 531. The van der Waals surface area contributed by atoms with E-state index in [9.17, 15) is 0 Å². The number of benzene rings is 1. The minimum atomic E-state index is 0.382. The van der Waals surface area contributed by atoms with Crippen LogP contribution in [0.5, 0.6) is 5.75 Å². The second kappa shape index (κ2) is 3.74. The molecule has 0 spiro atoms. The quantitative estimate of drug-likeness (QED) is 0.594. The summed E-state index contributed by atoms with van der Waals surface area (Å²) in [5, 5.41) is 6.65. The Hall–Kier alpha value is -1.82. The first-order valence-electron chi connectivity index (χ1n) is 4.29. The van der Waals surface area contributed by atoms with Crippen molar-refractivity contribution >= 4 is 12.2 Å². The van der Waals surface area contributed by atoms with Gasteiger partial charge in [-0.1, -0.05) is 12.1 Å². The Labute approximate surface area is 91.5 Å². The average molecular weight is 222 g/mol. The minimum absolute atomic E-state index is 0.382. The lowest BCUT2D eigenvalue weighted by Crippen LogP contribution is -2.09. The number of ether oxygens (including phenoxy) is 1. The molecule has 0 unspecified atom stereocenters. The van der Waals surface area contributed by atoms with E-state index in [1.807, 2.05) is 24.3 Å². The number of nitrogen functional groups attached to an aromatic ring is 1. The van der Waals surface area contributed by atoms with Gasteiger partial charge in [0, 0.05) is 5.56 Å². The highest BCUT2D eigenvalue weighted by molar-refractivity contribution is 7.71. The molecule has 0 radical (unpaired) electrons. The lowest BCUT2D eigenvalue weighted by molar-refractivity contribution is 0.415. The molecule has 0 saturated carbocycles.